The van der Waals surface area contributed by atoms with Gasteiger partial charge >= 0.3 is 5.63 Å². The Morgan fingerprint density at radius 2 is 1.73 bits per heavy atom. The predicted octanol–water partition coefficient (Wildman–Crippen LogP) is 2.58. The molecule has 0 spiro atoms. The lowest BCUT2D eigenvalue weighted by Crippen LogP contribution is -2.34. The fraction of sp³-hybridized carbons (Fsp3) is 0.550. The van der Waals surface area contributed by atoms with Crippen LogP contribution in [0.2, 0.25) is 0 Å². The highest BCUT2D eigenvalue weighted by Gasteiger charge is 2.27. The van der Waals surface area contributed by atoms with Crippen molar-refractivity contribution >= 4 is 23.4 Å². The van der Waals surface area contributed by atoms with Crippen LogP contribution in [0.15, 0.2) is 27.4 Å². The summed E-state index contributed by atoms with van der Waals surface area (Å²) in [7, 11) is 0. The van der Waals surface area contributed by atoms with Crippen molar-refractivity contribution in [1.82, 2.24) is 4.90 Å². The fourth-order valence-electron chi connectivity index (χ4n) is 4.31. The first kappa shape index (κ1) is 19.4. The first-order chi connectivity index (χ1) is 12.1. The number of halogens is 1. The lowest BCUT2D eigenvalue weighted by molar-refractivity contribution is 0.000953. The van der Waals surface area contributed by atoms with Crippen LogP contribution in [0.4, 0.5) is 0 Å². The molecule has 0 amide bonds. The second-order valence-electron chi connectivity index (χ2n) is 7.29. The van der Waals surface area contributed by atoms with Crippen molar-refractivity contribution in [2.45, 2.75) is 50.7 Å². The maximum absolute atomic E-state index is 12.2. The molecule has 2 atom stereocenters. The van der Waals surface area contributed by atoms with Gasteiger partial charge in [-0.2, -0.15) is 0 Å². The molecule has 4 rings (SSSR count). The first-order valence-corrected chi connectivity index (χ1v) is 9.31. The van der Waals surface area contributed by atoms with Gasteiger partial charge in [-0.3, -0.25) is 0 Å². The lowest BCUT2D eigenvalue weighted by atomic mass is 9.87. The fourth-order valence-corrected chi connectivity index (χ4v) is 4.31. The summed E-state index contributed by atoms with van der Waals surface area (Å²) in [6.07, 6.45) is 4.04. The molecule has 142 valence electrons. The summed E-state index contributed by atoms with van der Waals surface area (Å²) >= 11 is 0. The minimum Gasteiger partial charge on any atom is -0.422 e. The van der Waals surface area contributed by atoms with E-state index in [2.05, 4.69) is 4.90 Å². The number of fused-ring (bicyclic) bond motifs is 3. The molecule has 2 heterocycles. The van der Waals surface area contributed by atoms with Crippen molar-refractivity contribution in [1.29, 1.82) is 0 Å². The average Bonchev–Trinajstić information content (AvgIpc) is 3.13. The van der Waals surface area contributed by atoms with Crippen LogP contribution in [0.3, 0.4) is 0 Å². The summed E-state index contributed by atoms with van der Waals surface area (Å²) in [6.45, 7) is 2.42. The Morgan fingerprint density at radius 3 is 2.46 bits per heavy atom. The van der Waals surface area contributed by atoms with E-state index in [0.717, 1.165) is 68.1 Å². The Hall–Kier alpha value is -1.40. The highest BCUT2D eigenvalue weighted by molar-refractivity contribution is 5.86. The number of nitrogens with zero attached hydrogens (tertiary/aromatic N) is 1. The summed E-state index contributed by atoms with van der Waals surface area (Å²) < 4.78 is 5.51. The Bertz CT molecular complexity index is 828. The van der Waals surface area contributed by atoms with Crippen LogP contribution < -0.4 is 5.63 Å². The average molecular weight is 380 g/mol. The second-order valence-corrected chi connectivity index (χ2v) is 7.29. The van der Waals surface area contributed by atoms with Gasteiger partial charge in [-0.05, 0) is 68.8 Å². The van der Waals surface area contributed by atoms with E-state index >= 15 is 0 Å². The van der Waals surface area contributed by atoms with Crippen LogP contribution in [-0.4, -0.2) is 40.9 Å². The van der Waals surface area contributed by atoms with Gasteiger partial charge in [0, 0.05) is 17.5 Å². The van der Waals surface area contributed by atoms with Crippen LogP contribution in [0.25, 0.3) is 11.0 Å². The molecule has 2 unspecified atom stereocenters. The third-order valence-corrected chi connectivity index (χ3v) is 5.60. The Kier molecular flexibility index (Phi) is 6.03. The van der Waals surface area contributed by atoms with Crippen LogP contribution in [0.1, 0.15) is 48.5 Å². The number of likely N-dealkylation sites (tertiary alicyclic amines) is 1. The van der Waals surface area contributed by atoms with E-state index in [1.54, 1.807) is 12.1 Å². The van der Waals surface area contributed by atoms with E-state index in [9.17, 15) is 15.0 Å². The Labute approximate surface area is 159 Å². The van der Waals surface area contributed by atoms with Crippen molar-refractivity contribution in [2.75, 3.05) is 19.6 Å². The zero-order valence-corrected chi connectivity index (χ0v) is 15.6. The van der Waals surface area contributed by atoms with Crippen LogP contribution in [0, 0.1) is 0 Å². The van der Waals surface area contributed by atoms with E-state index in [0.29, 0.717) is 17.7 Å². The van der Waals surface area contributed by atoms with Gasteiger partial charge in [-0.15, -0.1) is 12.4 Å². The van der Waals surface area contributed by atoms with Gasteiger partial charge in [0.2, 0.25) is 0 Å². The van der Waals surface area contributed by atoms with Gasteiger partial charge < -0.3 is 19.5 Å². The molecule has 2 aliphatic rings. The number of hydrogen-bond acceptors (Lipinski definition) is 5. The van der Waals surface area contributed by atoms with Crippen molar-refractivity contribution in [3.63, 3.8) is 0 Å². The molecule has 26 heavy (non-hydrogen) atoms. The van der Waals surface area contributed by atoms with E-state index in [4.69, 9.17) is 4.42 Å². The number of aryl methyl sites for hydroxylation is 1. The predicted molar refractivity (Wildman–Crippen MR) is 103 cm³/mol. The second kappa shape index (κ2) is 8.09. The number of β-amino-alcohol motifs (C(OH)–C–C–N with tert-alkyl or cyclic N) is 1. The number of aliphatic hydroxyl groups excluding tert-OH is 2. The molecule has 0 radical (unpaired) electrons. The molecule has 2 aromatic rings. The molecule has 0 bridgehead atoms. The maximum Gasteiger partial charge on any atom is 0.339 e. The van der Waals surface area contributed by atoms with E-state index in [1.807, 2.05) is 6.07 Å². The normalized spacial score (nSPS) is 19.8. The molecule has 6 heteroatoms. The molecule has 1 aromatic heterocycles. The molecule has 5 nitrogen and oxygen atoms in total. The van der Waals surface area contributed by atoms with Gasteiger partial charge in [0.05, 0.1) is 6.10 Å². The molecule has 0 saturated carbocycles. The molecule has 1 aliphatic heterocycles. The quantitative estimate of drug-likeness (QED) is 0.799. The van der Waals surface area contributed by atoms with E-state index in [1.165, 1.54) is 0 Å². The third-order valence-electron chi connectivity index (χ3n) is 5.60. The monoisotopic (exact) mass is 379 g/mol. The van der Waals surface area contributed by atoms with Gasteiger partial charge in [-0.1, -0.05) is 12.1 Å². The standard InChI is InChI=1S/C20H25NO4.ClH/c22-16(12-21-10-3-4-11-21)19(23)15-8-5-9-17-18(15)13-6-1-2-7-14(13)20(24)25-17;/h5,8-9,16,19,22-23H,1-4,6-7,10-12H2;1H. The molecule has 2 N–H and O–H groups in total. The van der Waals surface area contributed by atoms with Crippen LogP contribution in [0.5, 0.6) is 0 Å². The highest BCUT2D eigenvalue weighted by atomic mass is 35.5. The zero-order chi connectivity index (χ0) is 17.4. The maximum atomic E-state index is 12.2. The Balaban J connectivity index is 0.00000196. The molecule has 1 aromatic carbocycles. The number of rotatable bonds is 4. The summed E-state index contributed by atoms with van der Waals surface area (Å²) in [4.78, 5) is 14.4. The summed E-state index contributed by atoms with van der Waals surface area (Å²) in [5.74, 6) is 0. The molecule has 1 saturated heterocycles. The smallest absolute Gasteiger partial charge is 0.339 e. The minimum atomic E-state index is -0.983. The minimum absolute atomic E-state index is 0. The first-order valence-electron chi connectivity index (χ1n) is 9.31. The number of benzene rings is 1. The zero-order valence-electron chi connectivity index (χ0n) is 14.8. The summed E-state index contributed by atoms with van der Waals surface area (Å²) in [5.41, 5.74) is 2.67. The van der Waals surface area contributed by atoms with E-state index < -0.39 is 12.2 Å². The highest BCUT2D eigenvalue weighted by Crippen LogP contribution is 2.33. The van der Waals surface area contributed by atoms with Crippen molar-refractivity contribution < 1.29 is 14.6 Å². The molecule has 1 aliphatic carbocycles. The third kappa shape index (κ3) is 3.54. The van der Waals surface area contributed by atoms with Crippen molar-refractivity contribution in [3.05, 3.63) is 45.3 Å². The topological polar surface area (TPSA) is 73.9 Å². The SMILES string of the molecule is Cl.O=c1oc2cccc(C(O)C(O)CN3CCCC3)c2c2c1CCCC2. The molecule has 1 fully saturated rings. The largest absolute Gasteiger partial charge is 0.422 e. The van der Waals surface area contributed by atoms with Gasteiger partial charge in [0.25, 0.3) is 0 Å². The van der Waals surface area contributed by atoms with E-state index in [-0.39, 0.29) is 18.0 Å². The molecular weight excluding hydrogens is 354 g/mol. The van der Waals surface area contributed by atoms with Crippen LogP contribution >= 0.6 is 12.4 Å². The van der Waals surface area contributed by atoms with Crippen LogP contribution in [-0.2, 0) is 12.8 Å². The summed E-state index contributed by atoms with van der Waals surface area (Å²) in [6, 6.07) is 5.39. The van der Waals surface area contributed by atoms with Crippen molar-refractivity contribution in [3.8, 4) is 0 Å². The van der Waals surface area contributed by atoms with Gasteiger partial charge in [-0.25, -0.2) is 4.79 Å². The number of aliphatic hydroxyl groups is 2. The lowest BCUT2D eigenvalue weighted by Gasteiger charge is -2.25. The van der Waals surface area contributed by atoms with Gasteiger partial charge in [0.1, 0.15) is 11.7 Å². The number of hydrogen-bond donors (Lipinski definition) is 2. The summed E-state index contributed by atoms with van der Waals surface area (Å²) in [5, 5.41) is 22.2. The van der Waals surface area contributed by atoms with Gasteiger partial charge in [0.15, 0.2) is 0 Å². The van der Waals surface area contributed by atoms with Crippen molar-refractivity contribution in [2.24, 2.45) is 0 Å². The Morgan fingerprint density at radius 1 is 1.04 bits per heavy atom. The molecular formula is C20H26ClNO4.